The highest BCUT2D eigenvalue weighted by Crippen LogP contribution is 1.92. The molecule has 0 aliphatic carbocycles. The molecule has 0 saturated heterocycles. The molecule has 4 heteroatoms. The van der Waals surface area contributed by atoms with Crippen LogP contribution in [0.2, 0.25) is 0 Å². The standard InChI is InChI=1S/C6H8N4/c1-2-10-5-6(3-8-7)4-9-10/h2-5H,1,7H2/b8-3+. The van der Waals surface area contributed by atoms with E-state index < -0.39 is 0 Å². The smallest absolute Gasteiger partial charge is 0.0582 e. The molecule has 0 amide bonds. The van der Waals surface area contributed by atoms with Crippen molar-refractivity contribution in [3.05, 3.63) is 24.5 Å². The highest BCUT2D eigenvalue weighted by molar-refractivity contribution is 5.78. The first kappa shape index (κ1) is 6.54. The Balaban J connectivity index is 2.87. The van der Waals surface area contributed by atoms with Gasteiger partial charge in [0, 0.05) is 18.0 Å². The van der Waals surface area contributed by atoms with Gasteiger partial charge in [-0.05, 0) is 0 Å². The summed E-state index contributed by atoms with van der Waals surface area (Å²) in [7, 11) is 0. The van der Waals surface area contributed by atoms with Crippen molar-refractivity contribution in [3.8, 4) is 0 Å². The molecule has 10 heavy (non-hydrogen) atoms. The van der Waals surface area contributed by atoms with Crippen LogP contribution in [0.4, 0.5) is 0 Å². The lowest BCUT2D eigenvalue weighted by atomic mass is 10.4. The van der Waals surface area contributed by atoms with E-state index in [1.165, 1.54) is 6.21 Å². The van der Waals surface area contributed by atoms with Crippen molar-refractivity contribution in [1.29, 1.82) is 0 Å². The van der Waals surface area contributed by atoms with Crippen molar-refractivity contribution in [3.63, 3.8) is 0 Å². The fraction of sp³-hybridized carbons (Fsp3) is 0. The number of aromatic nitrogens is 2. The number of nitrogens with zero attached hydrogens (tertiary/aromatic N) is 3. The largest absolute Gasteiger partial charge is 0.323 e. The predicted octanol–water partition coefficient (Wildman–Crippen LogP) is 0.276. The molecule has 0 bridgehead atoms. The van der Waals surface area contributed by atoms with Crippen LogP contribution >= 0.6 is 0 Å². The van der Waals surface area contributed by atoms with Gasteiger partial charge >= 0.3 is 0 Å². The number of hydrogen-bond donors (Lipinski definition) is 1. The Labute approximate surface area is 58.6 Å². The van der Waals surface area contributed by atoms with E-state index >= 15 is 0 Å². The van der Waals surface area contributed by atoms with Crippen LogP contribution in [0.25, 0.3) is 6.20 Å². The van der Waals surface area contributed by atoms with Gasteiger partial charge in [0.1, 0.15) is 0 Å². The van der Waals surface area contributed by atoms with E-state index in [2.05, 4.69) is 16.8 Å². The third-order valence-corrected chi connectivity index (χ3v) is 1.03. The van der Waals surface area contributed by atoms with Gasteiger partial charge in [-0.15, -0.1) is 0 Å². The van der Waals surface area contributed by atoms with Crippen LogP contribution < -0.4 is 5.84 Å². The maximum atomic E-state index is 4.92. The summed E-state index contributed by atoms with van der Waals surface area (Å²) in [5.41, 5.74) is 0.863. The zero-order valence-corrected chi connectivity index (χ0v) is 5.44. The maximum Gasteiger partial charge on any atom is 0.0582 e. The maximum absolute atomic E-state index is 4.92. The third kappa shape index (κ3) is 1.22. The quantitative estimate of drug-likeness (QED) is 0.360. The van der Waals surface area contributed by atoms with Gasteiger partial charge in [-0.2, -0.15) is 10.2 Å². The van der Waals surface area contributed by atoms with Crippen LogP contribution in [0.3, 0.4) is 0 Å². The SMILES string of the molecule is C=Cn1cc(/C=N/N)cn1. The minimum absolute atomic E-state index is 0.863. The van der Waals surface area contributed by atoms with Crippen molar-refractivity contribution in [2.45, 2.75) is 0 Å². The zero-order valence-electron chi connectivity index (χ0n) is 5.44. The molecule has 0 saturated carbocycles. The Morgan fingerprint density at radius 3 is 3.10 bits per heavy atom. The number of rotatable bonds is 2. The molecule has 0 aliphatic rings. The average molecular weight is 136 g/mol. The molecule has 0 radical (unpaired) electrons. The molecule has 0 spiro atoms. The molecular weight excluding hydrogens is 128 g/mol. The Hall–Kier alpha value is -1.58. The molecular formula is C6H8N4. The van der Waals surface area contributed by atoms with Crippen LogP contribution in [-0.4, -0.2) is 16.0 Å². The van der Waals surface area contributed by atoms with Gasteiger partial charge in [-0.3, -0.25) is 0 Å². The molecule has 0 aromatic carbocycles. The molecule has 0 fully saturated rings. The third-order valence-electron chi connectivity index (χ3n) is 1.03. The molecule has 0 unspecified atom stereocenters. The number of hydrazone groups is 1. The molecule has 1 rings (SSSR count). The summed E-state index contributed by atoms with van der Waals surface area (Å²) >= 11 is 0. The summed E-state index contributed by atoms with van der Waals surface area (Å²) in [6.07, 6.45) is 6.53. The van der Waals surface area contributed by atoms with Crippen molar-refractivity contribution < 1.29 is 0 Å². The second-order valence-electron chi connectivity index (χ2n) is 1.71. The van der Waals surface area contributed by atoms with Crippen LogP contribution in [0, 0.1) is 0 Å². The Bertz CT molecular complexity index is 248. The van der Waals surface area contributed by atoms with E-state index in [-0.39, 0.29) is 0 Å². The predicted molar refractivity (Wildman–Crippen MR) is 40.4 cm³/mol. The minimum atomic E-state index is 0.863. The van der Waals surface area contributed by atoms with Crippen LogP contribution in [0.15, 0.2) is 24.1 Å². The lowest BCUT2D eigenvalue weighted by Crippen LogP contribution is -1.84. The van der Waals surface area contributed by atoms with E-state index in [4.69, 9.17) is 5.84 Å². The lowest BCUT2D eigenvalue weighted by Gasteiger charge is -1.82. The van der Waals surface area contributed by atoms with E-state index in [0.717, 1.165) is 5.56 Å². The highest BCUT2D eigenvalue weighted by atomic mass is 15.2. The van der Waals surface area contributed by atoms with E-state index in [9.17, 15) is 0 Å². The Kier molecular flexibility index (Phi) is 1.84. The first-order valence-electron chi connectivity index (χ1n) is 2.77. The normalized spacial score (nSPS) is 10.4. The molecule has 52 valence electrons. The molecule has 2 N–H and O–H groups in total. The van der Waals surface area contributed by atoms with Gasteiger partial charge < -0.3 is 5.84 Å². The monoisotopic (exact) mass is 136 g/mol. The van der Waals surface area contributed by atoms with Gasteiger partial charge in [0.05, 0.1) is 12.4 Å². The minimum Gasteiger partial charge on any atom is -0.323 e. The average Bonchev–Trinajstić information content (AvgIpc) is 2.37. The van der Waals surface area contributed by atoms with Gasteiger partial charge in [0.15, 0.2) is 0 Å². The Morgan fingerprint density at radius 1 is 1.80 bits per heavy atom. The summed E-state index contributed by atoms with van der Waals surface area (Å²) in [5, 5.41) is 7.25. The van der Waals surface area contributed by atoms with Gasteiger partial charge in [0.25, 0.3) is 0 Å². The van der Waals surface area contributed by atoms with Gasteiger partial charge in [-0.25, -0.2) is 4.68 Å². The van der Waals surface area contributed by atoms with Crippen molar-refractivity contribution in [2.24, 2.45) is 10.9 Å². The molecule has 4 nitrogen and oxygen atoms in total. The first-order chi connectivity index (χ1) is 4.86. The van der Waals surface area contributed by atoms with Crippen molar-refractivity contribution in [1.82, 2.24) is 9.78 Å². The fourth-order valence-corrected chi connectivity index (χ4v) is 0.605. The molecule has 1 aromatic rings. The topological polar surface area (TPSA) is 56.2 Å². The zero-order chi connectivity index (χ0) is 7.40. The summed E-state index contributed by atoms with van der Waals surface area (Å²) in [5.74, 6) is 4.92. The van der Waals surface area contributed by atoms with Crippen LogP contribution in [0.5, 0.6) is 0 Å². The summed E-state index contributed by atoms with van der Waals surface area (Å²) in [6, 6.07) is 0. The molecule has 0 atom stereocenters. The second kappa shape index (κ2) is 2.82. The van der Waals surface area contributed by atoms with E-state index in [1.54, 1.807) is 23.3 Å². The fourth-order valence-electron chi connectivity index (χ4n) is 0.605. The van der Waals surface area contributed by atoms with Crippen LogP contribution in [-0.2, 0) is 0 Å². The molecule has 0 aliphatic heterocycles. The van der Waals surface area contributed by atoms with E-state index in [1.807, 2.05) is 0 Å². The first-order valence-corrected chi connectivity index (χ1v) is 2.77. The van der Waals surface area contributed by atoms with Gasteiger partial charge in [-0.1, -0.05) is 6.58 Å². The van der Waals surface area contributed by atoms with Crippen molar-refractivity contribution in [2.75, 3.05) is 0 Å². The van der Waals surface area contributed by atoms with Gasteiger partial charge in [0.2, 0.25) is 0 Å². The summed E-state index contributed by atoms with van der Waals surface area (Å²) in [4.78, 5) is 0. The second-order valence-corrected chi connectivity index (χ2v) is 1.71. The summed E-state index contributed by atoms with van der Waals surface area (Å²) < 4.78 is 1.58. The van der Waals surface area contributed by atoms with Crippen molar-refractivity contribution >= 4 is 12.4 Å². The van der Waals surface area contributed by atoms with E-state index in [0.29, 0.717) is 0 Å². The number of nitrogens with two attached hydrogens (primary N) is 1. The van der Waals surface area contributed by atoms with Crippen LogP contribution in [0.1, 0.15) is 5.56 Å². The highest BCUT2D eigenvalue weighted by Gasteiger charge is 1.89. The lowest BCUT2D eigenvalue weighted by molar-refractivity contribution is 0.937. The number of hydrogen-bond acceptors (Lipinski definition) is 3. The summed E-state index contributed by atoms with van der Waals surface area (Å²) in [6.45, 7) is 3.53. The Morgan fingerprint density at radius 2 is 2.60 bits per heavy atom. The molecule has 1 aromatic heterocycles. The molecule has 1 heterocycles.